The average molecular weight is 735 g/mol. The fourth-order valence-electron chi connectivity index (χ4n) is 6.79. The maximum Gasteiger partial charge on any atom is 0.306 e. The molecule has 1 atom stereocenters. The van der Waals surface area contributed by atoms with Crippen molar-refractivity contribution in [1.29, 1.82) is 0 Å². The van der Waals surface area contributed by atoms with Crippen LogP contribution in [0.25, 0.3) is 0 Å². The van der Waals surface area contributed by atoms with Gasteiger partial charge >= 0.3 is 11.9 Å². The van der Waals surface area contributed by atoms with Crippen LogP contribution in [-0.4, -0.2) is 37.9 Å². The largest absolute Gasteiger partial charge is 0.462 e. The molecule has 0 aromatic rings. The Hall–Kier alpha value is -1.36. The molecule has 0 heterocycles. The highest BCUT2D eigenvalue weighted by Crippen LogP contribution is 2.15. The predicted molar refractivity (Wildman–Crippen MR) is 224 cm³/mol. The molecule has 0 aromatic carbocycles. The van der Waals surface area contributed by atoms with Gasteiger partial charge in [-0.3, -0.25) is 9.59 Å². The Balaban J connectivity index is 4.20. The van der Waals surface area contributed by atoms with Crippen molar-refractivity contribution < 1.29 is 23.8 Å². The van der Waals surface area contributed by atoms with Crippen LogP contribution in [0.2, 0.25) is 0 Å². The Bertz CT molecular complexity index is 750. The van der Waals surface area contributed by atoms with E-state index >= 15 is 0 Å². The van der Waals surface area contributed by atoms with Crippen molar-refractivity contribution in [3.05, 3.63) is 12.2 Å². The summed E-state index contributed by atoms with van der Waals surface area (Å²) in [6.45, 7) is 7.82. The summed E-state index contributed by atoms with van der Waals surface area (Å²) in [6, 6.07) is 0. The lowest BCUT2D eigenvalue weighted by Crippen LogP contribution is -2.30. The fourth-order valence-corrected chi connectivity index (χ4v) is 6.79. The number of esters is 2. The van der Waals surface area contributed by atoms with Gasteiger partial charge in [0.2, 0.25) is 0 Å². The Morgan fingerprint density at radius 3 is 1.23 bits per heavy atom. The summed E-state index contributed by atoms with van der Waals surface area (Å²) in [5, 5.41) is 0. The number of carbonyl (C=O) groups is 2. The summed E-state index contributed by atoms with van der Waals surface area (Å²) in [6.07, 6.45) is 47.7. The van der Waals surface area contributed by atoms with Crippen LogP contribution in [0.4, 0.5) is 0 Å². The molecule has 0 amide bonds. The van der Waals surface area contributed by atoms with Crippen LogP contribution >= 0.6 is 0 Å². The van der Waals surface area contributed by atoms with Crippen molar-refractivity contribution in [2.75, 3.05) is 19.8 Å². The molecule has 0 aliphatic carbocycles. The van der Waals surface area contributed by atoms with Crippen molar-refractivity contribution in [1.82, 2.24) is 0 Å². The molecule has 1 unspecified atom stereocenters. The van der Waals surface area contributed by atoms with E-state index in [2.05, 4.69) is 32.9 Å². The lowest BCUT2D eigenvalue weighted by Gasteiger charge is -2.18. The summed E-state index contributed by atoms with van der Waals surface area (Å²) in [5.41, 5.74) is 0. The minimum Gasteiger partial charge on any atom is -0.462 e. The fraction of sp³-hybridized carbons (Fsp3) is 0.915. The number of hydrogen-bond donors (Lipinski definition) is 0. The first-order valence-electron chi connectivity index (χ1n) is 23.2. The van der Waals surface area contributed by atoms with Gasteiger partial charge in [0.25, 0.3) is 0 Å². The van der Waals surface area contributed by atoms with Gasteiger partial charge in [0.1, 0.15) is 6.61 Å². The second-order valence-corrected chi connectivity index (χ2v) is 15.7. The van der Waals surface area contributed by atoms with E-state index in [-0.39, 0.29) is 18.5 Å². The molecule has 0 fully saturated rings. The molecule has 0 aliphatic rings. The first-order valence-corrected chi connectivity index (χ1v) is 23.2. The van der Waals surface area contributed by atoms with Gasteiger partial charge in [-0.15, -0.1) is 0 Å². The molecule has 0 N–H and O–H groups in total. The number of unbranched alkanes of at least 4 members (excludes halogenated alkanes) is 30. The van der Waals surface area contributed by atoms with E-state index < -0.39 is 6.10 Å². The quantitative estimate of drug-likeness (QED) is 0.0355. The van der Waals surface area contributed by atoms with E-state index in [1.807, 2.05) is 0 Å². The molecule has 52 heavy (non-hydrogen) atoms. The topological polar surface area (TPSA) is 61.8 Å². The first-order chi connectivity index (χ1) is 25.6. The molecule has 0 spiro atoms. The molecular formula is C47H90O5. The van der Waals surface area contributed by atoms with Gasteiger partial charge in [-0.25, -0.2) is 0 Å². The monoisotopic (exact) mass is 735 g/mol. The molecule has 5 heteroatoms. The zero-order valence-electron chi connectivity index (χ0n) is 35.4. The summed E-state index contributed by atoms with van der Waals surface area (Å²) in [5.74, 6) is -0.394. The van der Waals surface area contributed by atoms with Gasteiger partial charge in [-0.1, -0.05) is 213 Å². The molecule has 0 saturated carbocycles. The van der Waals surface area contributed by atoms with E-state index in [9.17, 15) is 9.59 Å². The maximum absolute atomic E-state index is 12.7. The average Bonchev–Trinajstić information content (AvgIpc) is 3.14. The minimum atomic E-state index is -0.527. The molecular weight excluding hydrogens is 645 g/mol. The van der Waals surface area contributed by atoms with Gasteiger partial charge in [0.15, 0.2) is 6.10 Å². The summed E-state index contributed by atoms with van der Waals surface area (Å²) in [7, 11) is 0. The van der Waals surface area contributed by atoms with E-state index in [4.69, 9.17) is 14.2 Å². The highest BCUT2D eigenvalue weighted by Gasteiger charge is 2.17. The van der Waals surface area contributed by atoms with Crippen molar-refractivity contribution in [3.8, 4) is 0 Å². The van der Waals surface area contributed by atoms with Crippen molar-refractivity contribution in [2.45, 2.75) is 258 Å². The van der Waals surface area contributed by atoms with Crippen molar-refractivity contribution in [3.63, 3.8) is 0 Å². The molecule has 5 nitrogen and oxygen atoms in total. The smallest absolute Gasteiger partial charge is 0.306 e. The molecule has 0 saturated heterocycles. The second kappa shape index (κ2) is 44.0. The SMILES string of the molecule is CCCC/C=C\CCCCCCCC(=O)OCC(COCCCCCCCCCCCCCCCC)OC(=O)CCCCCCCCCCCCC. The molecule has 0 aliphatic heterocycles. The Kier molecular flexibility index (Phi) is 42.9. The Labute approximate surface area is 325 Å². The highest BCUT2D eigenvalue weighted by molar-refractivity contribution is 5.70. The zero-order valence-corrected chi connectivity index (χ0v) is 35.4. The zero-order chi connectivity index (χ0) is 37.8. The third-order valence-electron chi connectivity index (χ3n) is 10.3. The van der Waals surface area contributed by atoms with Gasteiger partial charge in [0, 0.05) is 19.4 Å². The number of allylic oxidation sites excluding steroid dienone is 2. The van der Waals surface area contributed by atoms with Gasteiger partial charge < -0.3 is 14.2 Å². The van der Waals surface area contributed by atoms with Gasteiger partial charge in [0.05, 0.1) is 6.61 Å². The number of rotatable bonds is 43. The second-order valence-electron chi connectivity index (χ2n) is 15.7. The van der Waals surface area contributed by atoms with Crippen molar-refractivity contribution >= 4 is 11.9 Å². The van der Waals surface area contributed by atoms with Gasteiger partial charge in [-0.2, -0.15) is 0 Å². The Morgan fingerprint density at radius 2 is 0.769 bits per heavy atom. The predicted octanol–water partition coefficient (Wildman–Crippen LogP) is 15.1. The van der Waals surface area contributed by atoms with E-state index in [0.29, 0.717) is 26.1 Å². The molecule has 0 rings (SSSR count). The molecule has 0 radical (unpaired) electrons. The van der Waals surface area contributed by atoms with Crippen LogP contribution in [0.3, 0.4) is 0 Å². The van der Waals surface area contributed by atoms with Crippen LogP contribution < -0.4 is 0 Å². The van der Waals surface area contributed by atoms with E-state index in [0.717, 1.165) is 44.9 Å². The van der Waals surface area contributed by atoms with Crippen LogP contribution in [0, 0.1) is 0 Å². The molecule has 308 valence electrons. The van der Waals surface area contributed by atoms with Crippen molar-refractivity contribution in [2.24, 2.45) is 0 Å². The summed E-state index contributed by atoms with van der Waals surface area (Å²) >= 11 is 0. The van der Waals surface area contributed by atoms with Crippen LogP contribution in [0.15, 0.2) is 12.2 Å². The normalized spacial score (nSPS) is 12.1. The maximum atomic E-state index is 12.7. The lowest BCUT2D eigenvalue weighted by atomic mass is 10.0. The minimum absolute atomic E-state index is 0.0892. The van der Waals surface area contributed by atoms with Crippen LogP contribution in [-0.2, 0) is 23.8 Å². The highest BCUT2D eigenvalue weighted by atomic mass is 16.6. The summed E-state index contributed by atoms with van der Waals surface area (Å²) in [4.78, 5) is 25.2. The van der Waals surface area contributed by atoms with E-state index in [1.165, 1.54) is 173 Å². The van der Waals surface area contributed by atoms with Gasteiger partial charge in [-0.05, 0) is 38.5 Å². The number of ether oxygens (including phenoxy) is 3. The summed E-state index contributed by atoms with van der Waals surface area (Å²) < 4.78 is 17.3. The number of hydrogen-bond acceptors (Lipinski definition) is 5. The number of carbonyl (C=O) groups excluding carboxylic acids is 2. The third kappa shape index (κ3) is 41.4. The van der Waals surface area contributed by atoms with Crippen LogP contribution in [0.1, 0.15) is 252 Å². The lowest BCUT2D eigenvalue weighted by molar-refractivity contribution is -0.163. The van der Waals surface area contributed by atoms with E-state index in [1.54, 1.807) is 0 Å². The van der Waals surface area contributed by atoms with Crippen LogP contribution in [0.5, 0.6) is 0 Å². The molecule has 0 bridgehead atoms. The molecule has 0 aromatic heterocycles. The Morgan fingerprint density at radius 1 is 0.404 bits per heavy atom. The third-order valence-corrected chi connectivity index (χ3v) is 10.3. The first kappa shape index (κ1) is 50.6. The standard InChI is InChI=1S/C47H90O5/c1-4-7-10-13-16-19-22-23-24-27-30-33-36-39-42-50-43-45(52-47(49)41-38-35-32-29-26-21-18-15-12-9-6-3)44-51-46(48)40-37-34-31-28-25-20-17-14-11-8-5-2/h14,17,45H,4-13,15-16,18-44H2,1-3H3/b17-14-.